The number of hydrogen-bond acceptors (Lipinski definition) is 16. The first-order valence-corrected chi connectivity index (χ1v) is 37.7. The van der Waals surface area contributed by atoms with Crippen LogP contribution in [-0.2, 0) is 74.5 Å². The number of aliphatic hydroxyl groups is 4. The van der Waals surface area contributed by atoms with E-state index in [0.29, 0.717) is 85.2 Å². The lowest BCUT2D eigenvalue weighted by Crippen LogP contribution is -2.52. The van der Waals surface area contributed by atoms with Crippen LogP contribution in [0.1, 0.15) is 124 Å². The second-order valence-corrected chi connectivity index (χ2v) is 33.7. The minimum absolute atomic E-state index is 0.0435. The lowest BCUT2D eigenvalue weighted by atomic mass is 9.68. The number of carbonyl (C=O) groups is 4. The monoisotopic (exact) mass is 1430 g/mol. The molecular weight excluding hydrogens is 1340 g/mol. The summed E-state index contributed by atoms with van der Waals surface area (Å²) in [7, 11) is -0.367. The summed E-state index contributed by atoms with van der Waals surface area (Å²) in [5.74, 6) is -2.02. The third-order valence-corrected chi connectivity index (χ3v) is 25.7. The summed E-state index contributed by atoms with van der Waals surface area (Å²) in [6.45, 7) is 6.82. The fourth-order valence-corrected chi connectivity index (χ4v) is 17.2. The number of rotatable bonds is 6. The first-order valence-electron chi connectivity index (χ1n) is 34.0. The lowest BCUT2D eigenvalue weighted by Gasteiger charge is -2.45. The number of hydrogen-bond donors (Lipinski definition) is 6. The van der Waals surface area contributed by atoms with Crippen molar-refractivity contribution in [2.24, 2.45) is 23.7 Å². The molecule has 8 aliphatic rings. The summed E-state index contributed by atoms with van der Waals surface area (Å²) in [5, 5.41) is 48.4. The van der Waals surface area contributed by atoms with E-state index in [9.17, 15) is 56.4 Å². The zero-order valence-corrected chi connectivity index (χ0v) is 60.3. The van der Waals surface area contributed by atoms with E-state index in [1.165, 1.54) is 72.4 Å². The highest BCUT2D eigenvalue weighted by molar-refractivity contribution is 7.88. The summed E-state index contributed by atoms with van der Waals surface area (Å²) < 4.78 is 70.0. The molecule has 12 atom stereocenters. The summed E-state index contributed by atoms with van der Waals surface area (Å²) in [5.41, 5.74) is 0.345. The molecule has 4 aromatic carbocycles. The largest absolute Gasteiger partial charge is 0.490 e. The van der Waals surface area contributed by atoms with Crippen LogP contribution in [0.25, 0.3) is 0 Å². The molecule has 2 saturated carbocycles. The number of fused-ring (bicyclic) bond motifs is 8. The number of ether oxygens (including phenoxy) is 2. The Hall–Kier alpha value is -6.32. The Morgan fingerprint density at radius 1 is 0.582 bits per heavy atom. The Balaban J connectivity index is 0.000000198. The Labute approximate surface area is 586 Å². The smallest absolute Gasteiger partial charge is 0.303 e. The molecule has 98 heavy (non-hydrogen) atoms. The van der Waals surface area contributed by atoms with Gasteiger partial charge in [0.2, 0.25) is 11.8 Å². The van der Waals surface area contributed by atoms with Crippen LogP contribution in [0, 0.1) is 23.7 Å². The van der Waals surface area contributed by atoms with Gasteiger partial charge in [0.25, 0.3) is 11.8 Å². The summed E-state index contributed by atoms with van der Waals surface area (Å²) in [6, 6.07) is 21.2. The van der Waals surface area contributed by atoms with Crippen LogP contribution in [0.5, 0.6) is 11.5 Å². The number of anilines is 2. The Morgan fingerprint density at radius 2 is 0.969 bits per heavy atom. The van der Waals surface area contributed by atoms with Crippen molar-refractivity contribution in [2.75, 3.05) is 91.5 Å². The average molecular weight is 1430 g/mol. The van der Waals surface area contributed by atoms with Gasteiger partial charge in [0.1, 0.15) is 11.5 Å². The summed E-state index contributed by atoms with van der Waals surface area (Å²) >= 11 is 12.8. The third kappa shape index (κ3) is 14.6. The molecule has 4 heterocycles. The Kier molecular flexibility index (Phi) is 21.3. The highest BCUT2D eigenvalue weighted by Gasteiger charge is 2.50. The molecule has 0 saturated heterocycles. The van der Waals surface area contributed by atoms with Gasteiger partial charge in [0, 0.05) is 101 Å². The molecule has 4 aliphatic heterocycles. The van der Waals surface area contributed by atoms with Gasteiger partial charge in [-0.1, -0.05) is 71.8 Å². The van der Waals surface area contributed by atoms with E-state index in [2.05, 4.69) is 21.9 Å². The minimum Gasteiger partial charge on any atom is -0.490 e. The van der Waals surface area contributed by atoms with Crippen molar-refractivity contribution < 1.29 is 65.9 Å². The normalized spacial score (nSPS) is 31.2. The van der Waals surface area contributed by atoms with Crippen LogP contribution in [0.15, 0.2) is 97.1 Å². The topological polar surface area (TPSA) is 279 Å². The van der Waals surface area contributed by atoms with Gasteiger partial charge >= 0.3 is 20.4 Å². The molecule has 22 nitrogen and oxygen atoms in total. The van der Waals surface area contributed by atoms with Crippen molar-refractivity contribution in [3.8, 4) is 11.5 Å². The molecule has 2 spiro atoms. The molecule has 4 bridgehead atoms. The first kappa shape index (κ1) is 72.9. The van der Waals surface area contributed by atoms with Crippen LogP contribution in [0.4, 0.5) is 11.4 Å². The van der Waals surface area contributed by atoms with Gasteiger partial charge in [-0.25, -0.2) is 9.44 Å². The SMILES string of the molecule is C[C@H]1C/C=C/[C@H](O)[C@@H]2CC[C@H]2CN2C[C@@]3(CCCc4cc(Cl)ccc43)COc3ccc(cc32)[C@@](O)(C(=O)NS(=O)(=O)N(C)C)CC(=O)N1C.C[C@H]1C/C=C/[C@H](O)[C@@H]2CC[C@H]2CN2C[C@@]3(CCCc4cc(Cl)ccc43)COc3ccc(cc32)[C@](O)(C(=O)NS(=O)(=O)N(C)C)CC(=O)N1C. The molecule has 4 amide bonds. The predicted molar refractivity (Wildman–Crippen MR) is 375 cm³/mol. The summed E-state index contributed by atoms with van der Waals surface area (Å²) in [4.78, 5) is 62.5. The van der Waals surface area contributed by atoms with Gasteiger partial charge in [0.05, 0.1) is 49.6 Å². The maximum Gasteiger partial charge on any atom is 0.303 e. The van der Waals surface area contributed by atoms with Crippen LogP contribution in [-0.4, -0.2) is 185 Å². The van der Waals surface area contributed by atoms with Gasteiger partial charge in [-0.05, 0) is 196 Å². The van der Waals surface area contributed by atoms with E-state index in [-0.39, 0.29) is 57.7 Å². The van der Waals surface area contributed by atoms with Crippen LogP contribution in [0.2, 0.25) is 10.0 Å². The quantitative estimate of drug-likeness (QED) is 0.106. The highest BCUT2D eigenvalue weighted by atomic mass is 35.5. The van der Waals surface area contributed by atoms with E-state index in [1.807, 2.05) is 71.9 Å². The maximum absolute atomic E-state index is 13.9. The van der Waals surface area contributed by atoms with Gasteiger partial charge in [0.15, 0.2) is 11.2 Å². The molecule has 532 valence electrons. The molecule has 26 heteroatoms. The number of carbonyl (C=O) groups excluding carboxylic acids is 4. The van der Waals surface area contributed by atoms with E-state index < -0.39 is 80.3 Å². The zero-order valence-electron chi connectivity index (χ0n) is 57.1. The first-order chi connectivity index (χ1) is 46.3. The second kappa shape index (κ2) is 28.6. The number of benzene rings is 4. The molecule has 12 rings (SSSR count). The number of nitrogens with one attached hydrogen (secondary N) is 2. The van der Waals surface area contributed by atoms with Gasteiger partial charge in [-0.3, -0.25) is 19.2 Å². The Morgan fingerprint density at radius 3 is 1.33 bits per heavy atom. The molecule has 4 aromatic rings. The van der Waals surface area contributed by atoms with Gasteiger partial charge < -0.3 is 49.5 Å². The number of amides is 4. The van der Waals surface area contributed by atoms with Crippen molar-refractivity contribution >= 4 is 78.6 Å². The van der Waals surface area contributed by atoms with Gasteiger partial charge in [-0.2, -0.15) is 25.4 Å². The highest BCUT2D eigenvalue weighted by Crippen LogP contribution is 2.51. The number of halogens is 2. The van der Waals surface area contributed by atoms with Crippen molar-refractivity contribution in [3.05, 3.63) is 141 Å². The number of nitrogens with zero attached hydrogens (tertiary/aromatic N) is 6. The van der Waals surface area contributed by atoms with E-state index in [0.717, 1.165) is 72.8 Å². The number of aliphatic hydroxyl groups excluding tert-OH is 2. The van der Waals surface area contributed by atoms with Crippen LogP contribution in [0.3, 0.4) is 0 Å². The molecule has 0 aromatic heterocycles. The molecular formula is C72H94Cl2N8O14S2. The molecule has 0 unspecified atom stereocenters. The molecule has 2 fully saturated rings. The van der Waals surface area contributed by atoms with E-state index in [1.54, 1.807) is 38.4 Å². The van der Waals surface area contributed by atoms with Crippen molar-refractivity contribution in [3.63, 3.8) is 0 Å². The Bertz CT molecular complexity index is 3760. The van der Waals surface area contributed by atoms with Crippen molar-refractivity contribution in [1.82, 2.24) is 27.9 Å². The second-order valence-electron chi connectivity index (χ2n) is 29.1. The summed E-state index contributed by atoms with van der Waals surface area (Å²) in [6.07, 6.45) is 14.8. The van der Waals surface area contributed by atoms with Crippen molar-refractivity contribution in [2.45, 2.75) is 150 Å². The standard InChI is InChI=1S/2C36H47ClN4O7S/c2*1-23-7-5-9-31(42)28-13-10-25(28)20-41-21-35(16-6-8-24-17-27(37)12-14-29(24)35)22-48-32-15-11-26(18-30(32)41)36(45,19-33(43)40(23)4)34(44)38-49(46,47)39(2)3/h2*5,9,11-12,14-15,17-18,23,25,28,31,42,45H,6-8,10,13,16,19-22H2,1-4H3,(H,38,44)/b2*9-5+/t23-,25-,28+,31-,35-,36+;23-,25-,28+,31-,35-,36-/m00/s1. The zero-order chi connectivity index (χ0) is 70.6. The number of aryl methyl sites for hydroxylation is 2. The molecule has 4 aliphatic carbocycles. The third-order valence-electron chi connectivity index (χ3n) is 22.5. The van der Waals surface area contributed by atoms with E-state index >= 15 is 0 Å². The predicted octanol–water partition coefficient (Wildman–Crippen LogP) is 7.01. The van der Waals surface area contributed by atoms with E-state index in [4.69, 9.17) is 32.7 Å². The average Bonchev–Trinajstić information content (AvgIpc) is 1.49. The molecule has 6 N–H and O–H groups in total. The van der Waals surface area contributed by atoms with Gasteiger partial charge in [-0.15, -0.1) is 0 Å². The lowest BCUT2D eigenvalue weighted by molar-refractivity contribution is -0.149. The fraction of sp³-hybridized carbons (Fsp3) is 0.556. The van der Waals surface area contributed by atoms with Crippen LogP contribution >= 0.6 is 23.2 Å². The molecule has 0 radical (unpaired) electrons. The van der Waals surface area contributed by atoms with Crippen molar-refractivity contribution in [1.29, 1.82) is 0 Å². The minimum atomic E-state index is -4.30. The maximum atomic E-state index is 13.9. The fourth-order valence-electron chi connectivity index (χ4n) is 15.7. The van der Waals surface area contributed by atoms with Crippen LogP contribution < -0.4 is 28.7 Å².